The smallest absolute Gasteiger partial charge is 0.378 e. The van der Waals surface area contributed by atoms with Gasteiger partial charge in [-0.1, -0.05) is 19.9 Å². The van der Waals surface area contributed by atoms with Crippen LogP contribution in [0.1, 0.15) is 32.3 Å². The van der Waals surface area contributed by atoms with E-state index >= 15 is 0 Å². The lowest BCUT2D eigenvalue weighted by Crippen LogP contribution is -2.37. The molecular formula is C19H23F3N2O. The van der Waals surface area contributed by atoms with Crippen LogP contribution < -0.4 is 4.90 Å². The van der Waals surface area contributed by atoms with Gasteiger partial charge < -0.3 is 9.64 Å². The number of aromatic nitrogens is 1. The normalized spacial score (nSPS) is 16.8. The molecule has 1 aromatic carbocycles. The number of benzene rings is 1. The molecule has 6 heteroatoms. The molecule has 136 valence electrons. The van der Waals surface area contributed by atoms with Crippen LogP contribution in [0.4, 0.5) is 18.9 Å². The fourth-order valence-electron chi connectivity index (χ4n) is 3.18. The number of nitrogens with zero attached hydrogens (tertiary/aromatic N) is 2. The van der Waals surface area contributed by atoms with Crippen molar-refractivity contribution in [2.45, 2.75) is 39.0 Å². The van der Waals surface area contributed by atoms with Gasteiger partial charge in [-0.15, -0.1) is 0 Å². The van der Waals surface area contributed by atoms with E-state index in [9.17, 15) is 13.2 Å². The maximum absolute atomic E-state index is 12.9. The van der Waals surface area contributed by atoms with E-state index in [1.54, 1.807) is 6.20 Å². The molecule has 0 saturated carbocycles. The highest BCUT2D eigenvalue weighted by molar-refractivity contribution is 5.92. The minimum atomic E-state index is -4.35. The Balaban J connectivity index is 1.76. The Morgan fingerprint density at radius 2 is 1.92 bits per heavy atom. The topological polar surface area (TPSA) is 25.4 Å². The van der Waals surface area contributed by atoms with E-state index in [4.69, 9.17) is 4.74 Å². The fraction of sp³-hybridized carbons (Fsp3) is 0.526. The van der Waals surface area contributed by atoms with Crippen LogP contribution in [0.25, 0.3) is 10.9 Å². The summed E-state index contributed by atoms with van der Waals surface area (Å²) in [5, 5.41) is 0.761. The van der Waals surface area contributed by atoms with Gasteiger partial charge in [0.15, 0.2) is 0 Å². The molecule has 1 aromatic heterocycles. The van der Waals surface area contributed by atoms with Crippen LogP contribution in [0.15, 0.2) is 30.5 Å². The van der Waals surface area contributed by atoms with Gasteiger partial charge >= 0.3 is 6.18 Å². The van der Waals surface area contributed by atoms with E-state index in [1.165, 1.54) is 6.07 Å². The molecule has 3 nitrogen and oxygen atoms in total. The minimum Gasteiger partial charge on any atom is -0.378 e. The van der Waals surface area contributed by atoms with Gasteiger partial charge in [-0.2, -0.15) is 13.2 Å². The Morgan fingerprint density at radius 3 is 2.56 bits per heavy atom. The predicted octanol–water partition coefficient (Wildman–Crippen LogP) is 4.90. The maximum atomic E-state index is 12.9. The molecule has 0 amide bonds. The third-order valence-electron chi connectivity index (χ3n) is 4.49. The molecule has 1 saturated heterocycles. The molecule has 3 rings (SSSR count). The number of ether oxygens (including phenoxy) is 1. The van der Waals surface area contributed by atoms with Crippen molar-refractivity contribution >= 4 is 16.6 Å². The molecule has 0 unspecified atom stereocenters. The van der Waals surface area contributed by atoms with Crippen molar-refractivity contribution in [3.05, 3.63) is 36.0 Å². The number of fused-ring (bicyclic) bond motifs is 1. The second-order valence-corrected chi connectivity index (χ2v) is 6.97. The number of anilines is 1. The average Bonchev–Trinajstić information content (AvgIpc) is 2.58. The van der Waals surface area contributed by atoms with Gasteiger partial charge in [0.2, 0.25) is 0 Å². The average molecular weight is 352 g/mol. The minimum absolute atomic E-state index is 0.267. The molecule has 0 atom stereocenters. The number of hydrogen-bond donors (Lipinski definition) is 0. The van der Waals surface area contributed by atoms with Gasteiger partial charge in [-0.25, -0.2) is 0 Å². The van der Waals surface area contributed by atoms with Crippen LogP contribution in [-0.2, 0) is 10.9 Å². The quantitative estimate of drug-likeness (QED) is 0.783. The van der Waals surface area contributed by atoms with Crippen molar-refractivity contribution in [1.82, 2.24) is 4.98 Å². The van der Waals surface area contributed by atoms with Crippen molar-refractivity contribution in [3.63, 3.8) is 0 Å². The van der Waals surface area contributed by atoms with E-state index in [-0.39, 0.29) is 6.10 Å². The summed E-state index contributed by atoms with van der Waals surface area (Å²) in [5.41, 5.74) is 0.664. The van der Waals surface area contributed by atoms with Gasteiger partial charge in [0.05, 0.1) is 17.2 Å². The number of piperidine rings is 1. The molecular weight excluding hydrogens is 329 g/mol. The zero-order chi connectivity index (χ0) is 18.0. The Kier molecular flexibility index (Phi) is 5.18. The highest BCUT2D eigenvalue weighted by Crippen LogP contribution is 2.34. The largest absolute Gasteiger partial charge is 0.416 e. The summed E-state index contributed by atoms with van der Waals surface area (Å²) in [5.74, 6) is 0.519. The molecule has 0 aliphatic carbocycles. The highest BCUT2D eigenvalue weighted by Gasteiger charge is 2.31. The SMILES string of the molecule is CC(C)COC1CCN(c2ccnc3cc(C(F)(F)F)ccc23)CC1. The first-order valence-electron chi connectivity index (χ1n) is 8.67. The fourth-order valence-corrected chi connectivity index (χ4v) is 3.18. The lowest BCUT2D eigenvalue weighted by molar-refractivity contribution is -0.137. The third-order valence-corrected chi connectivity index (χ3v) is 4.49. The lowest BCUT2D eigenvalue weighted by Gasteiger charge is -2.34. The number of pyridine rings is 1. The van der Waals surface area contributed by atoms with E-state index in [1.807, 2.05) is 6.07 Å². The van der Waals surface area contributed by atoms with Crippen molar-refractivity contribution in [3.8, 4) is 0 Å². The van der Waals surface area contributed by atoms with E-state index in [0.29, 0.717) is 11.4 Å². The molecule has 2 heterocycles. The standard InChI is InChI=1S/C19H23F3N2O/c1-13(2)12-25-15-6-9-24(10-7-15)18-5-8-23-17-11-14(19(20,21)22)3-4-16(17)18/h3-5,8,11,13,15H,6-7,9-10,12H2,1-2H3. The van der Waals surface area contributed by atoms with Crippen LogP contribution in [0.5, 0.6) is 0 Å². The second kappa shape index (κ2) is 7.20. The van der Waals surface area contributed by atoms with Gasteiger partial charge in [0, 0.05) is 37.0 Å². The molecule has 1 fully saturated rings. The maximum Gasteiger partial charge on any atom is 0.416 e. The summed E-state index contributed by atoms with van der Waals surface area (Å²) in [6.45, 7) is 6.70. The Labute approximate surface area is 145 Å². The van der Waals surface area contributed by atoms with Crippen LogP contribution in [-0.4, -0.2) is 30.8 Å². The van der Waals surface area contributed by atoms with E-state index in [0.717, 1.165) is 55.7 Å². The van der Waals surface area contributed by atoms with Crippen LogP contribution in [0.3, 0.4) is 0 Å². The molecule has 0 N–H and O–H groups in total. The van der Waals surface area contributed by atoms with E-state index < -0.39 is 11.7 Å². The Morgan fingerprint density at radius 1 is 1.20 bits per heavy atom. The van der Waals surface area contributed by atoms with Gasteiger partial charge in [0.25, 0.3) is 0 Å². The van der Waals surface area contributed by atoms with Crippen LogP contribution in [0, 0.1) is 5.92 Å². The molecule has 0 spiro atoms. The van der Waals surface area contributed by atoms with Gasteiger partial charge in [0.1, 0.15) is 0 Å². The predicted molar refractivity (Wildman–Crippen MR) is 92.8 cm³/mol. The molecule has 2 aromatic rings. The number of rotatable bonds is 4. The zero-order valence-electron chi connectivity index (χ0n) is 14.5. The van der Waals surface area contributed by atoms with E-state index in [2.05, 4.69) is 23.7 Å². The van der Waals surface area contributed by atoms with Crippen molar-refractivity contribution in [2.24, 2.45) is 5.92 Å². The second-order valence-electron chi connectivity index (χ2n) is 6.97. The first-order chi connectivity index (χ1) is 11.8. The molecule has 1 aliphatic rings. The first kappa shape index (κ1) is 18.0. The summed E-state index contributed by atoms with van der Waals surface area (Å²) in [4.78, 5) is 6.34. The summed E-state index contributed by atoms with van der Waals surface area (Å²) >= 11 is 0. The monoisotopic (exact) mass is 352 g/mol. The first-order valence-corrected chi connectivity index (χ1v) is 8.67. The van der Waals surface area contributed by atoms with Crippen LogP contribution in [0.2, 0.25) is 0 Å². The molecule has 1 aliphatic heterocycles. The van der Waals surface area contributed by atoms with Gasteiger partial charge in [-0.05, 0) is 37.0 Å². The summed E-state index contributed by atoms with van der Waals surface area (Å²) < 4.78 is 44.6. The van der Waals surface area contributed by atoms with Crippen molar-refractivity contribution < 1.29 is 17.9 Å². The number of alkyl halides is 3. The number of halogens is 3. The Hall–Kier alpha value is -1.82. The highest BCUT2D eigenvalue weighted by atomic mass is 19.4. The summed E-state index contributed by atoms with van der Waals surface area (Å²) in [6.07, 6.45) is -0.644. The third kappa shape index (κ3) is 4.24. The molecule has 0 radical (unpaired) electrons. The number of hydrogen-bond acceptors (Lipinski definition) is 3. The summed E-state index contributed by atoms with van der Waals surface area (Å²) in [6, 6.07) is 5.66. The zero-order valence-corrected chi connectivity index (χ0v) is 14.5. The van der Waals surface area contributed by atoms with Crippen LogP contribution >= 0.6 is 0 Å². The van der Waals surface area contributed by atoms with Gasteiger partial charge in [-0.3, -0.25) is 4.98 Å². The molecule has 0 bridgehead atoms. The van der Waals surface area contributed by atoms with Crippen molar-refractivity contribution in [2.75, 3.05) is 24.6 Å². The summed E-state index contributed by atoms with van der Waals surface area (Å²) in [7, 11) is 0. The van der Waals surface area contributed by atoms with Crippen molar-refractivity contribution in [1.29, 1.82) is 0 Å². The Bertz CT molecular complexity index is 722. The lowest BCUT2D eigenvalue weighted by atomic mass is 10.0. The molecule has 25 heavy (non-hydrogen) atoms.